The van der Waals surface area contributed by atoms with E-state index in [1.54, 1.807) is 17.0 Å². The maximum Gasteiger partial charge on any atom is 0.170 e. The Kier molecular flexibility index (Phi) is 5.06. The molecule has 0 atom stereocenters. The Labute approximate surface area is 117 Å². The normalized spacial score (nSPS) is 10.8. The van der Waals surface area contributed by atoms with E-state index >= 15 is 0 Å². The Hall–Kier alpha value is -1.95. The van der Waals surface area contributed by atoms with Gasteiger partial charge in [0.05, 0.1) is 0 Å². The predicted octanol–water partition coefficient (Wildman–Crippen LogP) is 2.03. The zero-order valence-electron chi connectivity index (χ0n) is 11.8. The van der Waals surface area contributed by atoms with Crippen LogP contribution in [0.2, 0.25) is 0 Å². The molecule has 2 rings (SSSR count). The molecule has 1 aromatic carbocycles. The number of ether oxygens (including phenoxy) is 1. The molecule has 0 aliphatic carbocycles. The molecule has 0 spiro atoms. The van der Waals surface area contributed by atoms with Gasteiger partial charge in [-0.25, -0.2) is 4.39 Å². The first-order valence-corrected chi connectivity index (χ1v) is 6.65. The number of aromatic nitrogens is 3. The van der Waals surface area contributed by atoms with E-state index in [0.717, 1.165) is 18.5 Å². The number of nitrogens with one attached hydrogen (secondary N) is 1. The molecule has 108 valence electrons. The molecule has 6 heteroatoms. The highest BCUT2D eigenvalue weighted by Crippen LogP contribution is 2.19. The van der Waals surface area contributed by atoms with E-state index in [9.17, 15) is 4.39 Å². The quantitative estimate of drug-likeness (QED) is 0.787. The second-order valence-electron chi connectivity index (χ2n) is 4.59. The number of benzene rings is 1. The molecule has 0 bridgehead atoms. The molecule has 0 saturated carbocycles. The summed E-state index contributed by atoms with van der Waals surface area (Å²) >= 11 is 0. The number of hydrogen-bond acceptors (Lipinski definition) is 4. The van der Waals surface area contributed by atoms with E-state index in [1.165, 1.54) is 6.07 Å². The zero-order chi connectivity index (χ0) is 14.4. The average molecular weight is 278 g/mol. The molecule has 5 nitrogen and oxygen atoms in total. The Balaban J connectivity index is 1.94. The van der Waals surface area contributed by atoms with Gasteiger partial charge in [-0.1, -0.05) is 13.0 Å². The molecule has 0 aliphatic rings. The minimum absolute atomic E-state index is 0.195. The molecule has 0 unspecified atom stereocenters. The Morgan fingerprint density at radius 3 is 2.90 bits per heavy atom. The molecule has 20 heavy (non-hydrogen) atoms. The van der Waals surface area contributed by atoms with Gasteiger partial charge >= 0.3 is 0 Å². The van der Waals surface area contributed by atoms with Crippen molar-refractivity contribution in [1.29, 1.82) is 0 Å². The van der Waals surface area contributed by atoms with Crippen molar-refractivity contribution >= 4 is 0 Å². The van der Waals surface area contributed by atoms with Gasteiger partial charge in [0.2, 0.25) is 0 Å². The summed E-state index contributed by atoms with van der Waals surface area (Å²) in [5.74, 6) is 0.522. The smallest absolute Gasteiger partial charge is 0.170 e. The van der Waals surface area contributed by atoms with Crippen LogP contribution in [0.4, 0.5) is 4.39 Å². The van der Waals surface area contributed by atoms with Crippen LogP contribution in [0.3, 0.4) is 0 Å². The van der Waals surface area contributed by atoms with Gasteiger partial charge in [-0.2, -0.15) is 0 Å². The van der Waals surface area contributed by atoms with Crippen molar-refractivity contribution in [2.45, 2.75) is 26.5 Å². The number of hydrogen-bond donors (Lipinski definition) is 1. The van der Waals surface area contributed by atoms with Gasteiger partial charge in [0.1, 0.15) is 12.9 Å². The monoisotopic (exact) mass is 278 g/mol. The third-order valence-electron chi connectivity index (χ3n) is 2.91. The van der Waals surface area contributed by atoms with Crippen molar-refractivity contribution in [3.8, 4) is 5.75 Å². The average Bonchev–Trinajstić information content (AvgIpc) is 2.84. The summed E-state index contributed by atoms with van der Waals surface area (Å²) in [4.78, 5) is 0. The highest BCUT2D eigenvalue weighted by Gasteiger charge is 2.07. The van der Waals surface area contributed by atoms with Crippen LogP contribution in [0.5, 0.6) is 5.75 Å². The fraction of sp³-hybridized carbons (Fsp3) is 0.429. The molecule has 0 amide bonds. The molecule has 0 saturated heterocycles. The maximum atomic E-state index is 13.9. The fourth-order valence-electron chi connectivity index (χ4n) is 1.76. The summed E-state index contributed by atoms with van der Waals surface area (Å²) in [7, 11) is 1.82. The summed E-state index contributed by atoms with van der Waals surface area (Å²) in [5.41, 5.74) is 0.905. The second-order valence-corrected chi connectivity index (χ2v) is 4.59. The molecular formula is C14H19FN4O. The van der Waals surface area contributed by atoms with Crippen molar-refractivity contribution in [3.63, 3.8) is 0 Å². The van der Waals surface area contributed by atoms with Crippen LogP contribution < -0.4 is 10.1 Å². The maximum absolute atomic E-state index is 13.9. The summed E-state index contributed by atoms with van der Waals surface area (Å²) in [6.07, 6.45) is 2.64. The largest absolute Gasteiger partial charge is 0.483 e. The molecule has 2 aromatic rings. The van der Waals surface area contributed by atoms with Crippen LogP contribution in [-0.2, 0) is 20.2 Å². The molecule has 0 radical (unpaired) electrons. The van der Waals surface area contributed by atoms with Crippen molar-refractivity contribution in [3.05, 3.63) is 41.7 Å². The van der Waals surface area contributed by atoms with Crippen LogP contribution in [-0.4, -0.2) is 21.3 Å². The van der Waals surface area contributed by atoms with E-state index in [-0.39, 0.29) is 18.2 Å². The van der Waals surface area contributed by atoms with Gasteiger partial charge in [-0.3, -0.25) is 0 Å². The molecule has 1 N–H and O–H groups in total. The molecule has 1 heterocycles. The highest BCUT2D eigenvalue weighted by atomic mass is 19.1. The van der Waals surface area contributed by atoms with Gasteiger partial charge in [0.15, 0.2) is 17.4 Å². The Bertz CT molecular complexity index is 556. The third kappa shape index (κ3) is 3.77. The highest BCUT2D eigenvalue weighted by molar-refractivity contribution is 5.29. The lowest BCUT2D eigenvalue weighted by molar-refractivity contribution is 0.276. The van der Waals surface area contributed by atoms with Crippen molar-refractivity contribution in [2.75, 3.05) is 6.54 Å². The Morgan fingerprint density at radius 1 is 1.40 bits per heavy atom. The first-order chi connectivity index (χ1) is 9.70. The number of nitrogens with zero attached hydrogens (tertiary/aromatic N) is 3. The van der Waals surface area contributed by atoms with Gasteiger partial charge in [-0.05, 0) is 30.7 Å². The van der Waals surface area contributed by atoms with Crippen LogP contribution >= 0.6 is 0 Å². The van der Waals surface area contributed by atoms with E-state index in [4.69, 9.17) is 4.74 Å². The van der Waals surface area contributed by atoms with Crippen LogP contribution in [0, 0.1) is 5.82 Å². The van der Waals surface area contributed by atoms with Crippen LogP contribution in [0.25, 0.3) is 0 Å². The molecule has 0 fully saturated rings. The first-order valence-electron chi connectivity index (χ1n) is 6.65. The van der Waals surface area contributed by atoms with Gasteiger partial charge < -0.3 is 14.6 Å². The number of rotatable bonds is 7. The molecule has 1 aromatic heterocycles. The van der Waals surface area contributed by atoms with Gasteiger partial charge in [-0.15, -0.1) is 10.2 Å². The zero-order valence-corrected chi connectivity index (χ0v) is 11.8. The minimum Gasteiger partial charge on any atom is -0.483 e. The fourth-order valence-corrected chi connectivity index (χ4v) is 1.76. The van der Waals surface area contributed by atoms with Crippen molar-refractivity contribution < 1.29 is 9.13 Å². The molecule has 0 aliphatic heterocycles. The van der Waals surface area contributed by atoms with E-state index in [0.29, 0.717) is 12.4 Å². The summed E-state index contributed by atoms with van der Waals surface area (Å²) in [6, 6.07) is 5.00. The lowest BCUT2D eigenvalue weighted by Crippen LogP contribution is -2.14. The number of halogens is 1. The summed E-state index contributed by atoms with van der Waals surface area (Å²) in [5, 5.41) is 10.9. The summed E-state index contributed by atoms with van der Waals surface area (Å²) < 4.78 is 21.1. The summed E-state index contributed by atoms with van der Waals surface area (Å²) in [6.45, 7) is 3.87. The molecular weight excluding hydrogens is 259 g/mol. The van der Waals surface area contributed by atoms with Gasteiger partial charge in [0.25, 0.3) is 0 Å². The lowest BCUT2D eigenvalue weighted by atomic mass is 10.2. The van der Waals surface area contributed by atoms with E-state index in [1.807, 2.05) is 13.1 Å². The van der Waals surface area contributed by atoms with E-state index in [2.05, 4.69) is 22.4 Å². The van der Waals surface area contributed by atoms with E-state index < -0.39 is 0 Å². The Morgan fingerprint density at radius 2 is 2.25 bits per heavy atom. The SMILES string of the molecule is CCCNCc1ccc(OCc2nncn2C)c(F)c1. The topological polar surface area (TPSA) is 52.0 Å². The van der Waals surface area contributed by atoms with Crippen molar-refractivity contribution in [2.24, 2.45) is 7.05 Å². The third-order valence-corrected chi connectivity index (χ3v) is 2.91. The lowest BCUT2D eigenvalue weighted by Gasteiger charge is -2.09. The first kappa shape index (κ1) is 14.5. The van der Waals surface area contributed by atoms with Gasteiger partial charge in [0, 0.05) is 13.6 Å². The predicted molar refractivity (Wildman–Crippen MR) is 73.7 cm³/mol. The van der Waals surface area contributed by atoms with Crippen molar-refractivity contribution in [1.82, 2.24) is 20.1 Å². The minimum atomic E-state index is -0.358. The second kappa shape index (κ2) is 7.00. The van der Waals surface area contributed by atoms with Crippen LogP contribution in [0.15, 0.2) is 24.5 Å². The standard InChI is InChI=1S/C14H19FN4O/c1-3-6-16-8-11-4-5-13(12(15)7-11)20-9-14-18-17-10-19(14)2/h4-5,7,10,16H,3,6,8-9H2,1-2H3. The number of aryl methyl sites for hydroxylation is 1. The van der Waals surface area contributed by atoms with Crippen LogP contribution in [0.1, 0.15) is 24.7 Å².